The third kappa shape index (κ3) is 3.22. The Kier molecular flexibility index (Phi) is 4.71. The molecule has 0 radical (unpaired) electrons. The van der Waals surface area contributed by atoms with Crippen LogP contribution in [0.25, 0.3) is 0 Å². The van der Waals surface area contributed by atoms with Gasteiger partial charge in [0.25, 0.3) is 5.91 Å². The number of thiazole rings is 1. The van der Waals surface area contributed by atoms with Crippen LogP contribution in [0.2, 0.25) is 0 Å². The number of nitrogens with zero attached hydrogens (tertiary/aromatic N) is 1. The Hall–Kier alpha value is -1.20. The van der Waals surface area contributed by atoms with Crippen molar-refractivity contribution in [3.05, 3.63) is 50.4 Å². The molecule has 19 heavy (non-hydrogen) atoms. The first-order chi connectivity index (χ1) is 9.13. The molecule has 0 fully saturated rings. The van der Waals surface area contributed by atoms with Crippen LogP contribution in [0.4, 0.5) is 0 Å². The van der Waals surface area contributed by atoms with Crippen molar-refractivity contribution in [2.75, 3.05) is 0 Å². The Morgan fingerprint density at radius 2 is 2.32 bits per heavy atom. The summed E-state index contributed by atoms with van der Waals surface area (Å²) in [5.74, 6) is -0.0548. The lowest BCUT2D eigenvalue weighted by molar-refractivity contribution is 0.0935. The second-order valence-corrected chi connectivity index (χ2v) is 6.00. The van der Waals surface area contributed by atoms with Gasteiger partial charge in [0.15, 0.2) is 0 Å². The van der Waals surface area contributed by atoms with E-state index in [0.717, 1.165) is 21.5 Å². The van der Waals surface area contributed by atoms with E-state index in [2.05, 4.69) is 26.2 Å². The van der Waals surface area contributed by atoms with Crippen molar-refractivity contribution in [3.63, 3.8) is 0 Å². The third-order valence-corrected chi connectivity index (χ3v) is 4.72. The zero-order chi connectivity index (χ0) is 13.8. The Morgan fingerprint density at radius 1 is 1.53 bits per heavy atom. The fourth-order valence-corrected chi connectivity index (χ4v) is 2.97. The molecule has 0 saturated carbocycles. The van der Waals surface area contributed by atoms with Crippen molar-refractivity contribution in [1.82, 2.24) is 10.3 Å². The monoisotopic (exact) mass is 338 g/mol. The molecule has 0 spiro atoms. The number of rotatable bonds is 4. The second kappa shape index (κ2) is 6.30. The summed E-state index contributed by atoms with van der Waals surface area (Å²) in [6.07, 6.45) is 2.59. The highest BCUT2D eigenvalue weighted by Gasteiger charge is 2.17. The highest BCUT2D eigenvalue weighted by molar-refractivity contribution is 9.10. The first-order valence-corrected chi connectivity index (χ1v) is 7.76. The predicted octanol–water partition coefficient (Wildman–Crippen LogP) is 4.10. The number of benzene rings is 1. The molecule has 0 saturated heterocycles. The maximum Gasteiger partial charge on any atom is 0.252 e. The number of nitrogens with one attached hydrogen (secondary N) is 1. The predicted molar refractivity (Wildman–Crippen MR) is 81.5 cm³/mol. The zero-order valence-electron chi connectivity index (χ0n) is 10.8. The summed E-state index contributed by atoms with van der Waals surface area (Å²) in [6, 6.07) is 5.62. The van der Waals surface area contributed by atoms with Crippen LogP contribution in [0.3, 0.4) is 0 Å². The molecule has 1 N–H and O–H groups in total. The van der Waals surface area contributed by atoms with Crippen LogP contribution in [-0.2, 0) is 0 Å². The van der Waals surface area contributed by atoms with E-state index in [1.807, 2.05) is 37.4 Å². The third-order valence-electron chi connectivity index (χ3n) is 2.98. The first kappa shape index (κ1) is 14.2. The van der Waals surface area contributed by atoms with Crippen LogP contribution in [0.15, 0.2) is 34.2 Å². The van der Waals surface area contributed by atoms with Crippen molar-refractivity contribution in [2.45, 2.75) is 26.3 Å². The van der Waals surface area contributed by atoms with E-state index in [-0.39, 0.29) is 11.9 Å². The number of aromatic nitrogens is 1. The van der Waals surface area contributed by atoms with Gasteiger partial charge in [-0.05, 0) is 31.0 Å². The molecule has 5 heteroatoms. The summed E-state index contributed by atoms with van der Waals surface area (Å²) in [4.78, 5) is 16.6. The molecule has 0 aliphatic carbocycles. The largest absolute Gasteiger partial charge is 0.343 e. The number of amides is 1. The fourth-order valence-electron chi connectivity index (χ4n) is 1.83. The van der Waals surface area contributed by atoms with Crippen LogP contribution in [0.5, 0.6) is 0 Å². The van der Waals surface area contributed by atoms with Gasteiger partial charge < -0.3 is 5.32 Å². The van der Waals surface area contributed by atoms with Crippen LogP contribution < -0.4 is 5.32 Å². The molecule has 1 aromatic heterocycles. The number of carbonyl (C=O) groups excluding carboxylic acids is 1. The van der Waals surface area contributed by atoms with Crippen molar-refractivity contribution in [3.8, 4) is 0 Å². The molecule has 1 heterocycles. The molecule has 1 amide bonds. The van der Waals surface area contributed by atoms with Crippen molar-refractivity contribution in [1.29, 1.82) is 0 Å². The van der Waals surface area contributed by atoms with Gasteiger partial charge >= 0.3 is 0 Å². The molecule has 1 aromatic carbocycles. The molecule has 0 bridgehead atoms. The normalized spacial score (nSPS) is 12.2. The number of carbonyl (C=O) groups is 1. The lowest BCUT2D eigenvalue weighted by Gasteiger charge is -2.15. The fraction of sp³-hybridized carbons (Fsp3) is 0.286. The minimum absolute atomic E-state index is 0.0223. The standard InChI is InChI=1S/C14H15BrN2OS/c1-3-12(14-16-7-8-19-14)17-13(18)10-5-4-6-11(15)9(10)2/h4-8,12H,3H2,1-2H3,(H,17,18). The topological polar surface area (TPSA) is 42.0 Å². The zero-order valence-corrected chi connectivity index (χ0v) is 13.2. The van der Waals surface area contributed by atoms with E-state index in [4.69, 9.17) is 0 Å². The maximum atomic E-state index is 12.3. The Morgan fingerprint density at radius 3 is 2.95 bits per heavy atom. The minimum Gasteiger partial charge on any atom is -0.343 e. The lowest BCUT2D eigenvalue weighted by Crippen LogP contribution is -2.28. The van der Waals surface area contributed by atoms with E-state index in [1.54, 1.807) is 17.5 Å². The molecule has 0 aliphatic rings. The van der Waals surface area contributed by atoms with Gasteiger partial charge in [0, 0.05) is 21.6 Å². The van der Waals surface area contributed by atoms with Gasteiger partial charge in [0.2, 0.25) is 0 Å². The second-order valence-electron chi connectivity index (χ2n) is 4.22. The van der Waals surface area contributed by atoms with Gasteiger partial charge in [0.1, 0.15) is 5.01 Å². The SMILES string of the molecule is CCC(NC(=O)c1cccc(Br)c1C)c1nccs1. The first-order valence-electron chi connectivity index (χ1n) is 6.08. The van der Waals surface area contributed by atoms with Gasteiger partial charge in [-0.25, -0.2) is 4.98 Å². The van der Waals surface area contributed by atoms with E-state index < -0.39 is 0 Å². The Labute approximate surface area is 125 Å². The van der Waals surface area contributed by atoms with Gasteiger partial charge in [-0.2, -0.15) is 0 Å². The molecule has 100 valence electrons. The summed E-state index contributed by atoms with van der Waals surface area (Å²) in [6.45, 7) is 3.98. The molecular weight excluding hydrogens is 324 g/mol. The quantitative estimate of drug-likeness (QED) is 0.911. The van der Waals surface area contributed by atoms with Crippen LogP contribution in [0.1, 0.15) is 40.3 Å². The van der Waals surface area contributed by atoms with E-state index in [1.165, 1.54) is 0 Å². The lowest BCUT2D eigenvalue weighted by atomic mass is 10.1. The average molecular weight is 339 g/mol. The summed E-state index contributed by atoms with van der Waals surface area (Å²) >= 11 is 5.01. The highest BCUT2D eigenvalue weighted by atomic mass is 79.9. The highest BCUT2D eigenvalue weighted by Crippen LogP contribution is 2.22. The van der Waals surface area contributed by atoms with E-state index >= 15 is 0 Å². The van der Waals surface area contributed by atoms with Gasteiger partial charge in [-0.15, -0.1) is 11.3 Å². The average Bonchev–Trinajstić information content (AvgIpc) is 2.92. The summed E-state index contributed by atoms with van der Waals surface area (Å²) in [5, 5.41) is 5.91. The molecule has 2 rings (SSSR count). The molecule has 3 nitrogen and oxygen atoms in total. The number of hydrogen-bond donors (Lipinski definition) is 1. The summed E-state index contributed by atoms with van der Waals surface area (Å²) < 4.78 is 0.947. The van der Waals surface area contributed by atoms with Crippen molar-refractivity contribution >= 4 is 33.2 Å². The van der Waals surface area contributed by atoms with Crippen molar-refractivity contribution < 1.29 is 4.79 Å². The van der Waals surface area contributed by atoms with Gasteiger partial charge in [-0.3, -0.25) is 4.79 Å². The van der Waals surface area contributed by atoms with Crippen LogP contribution >= 0.6 is 27.3 Å². The maximum absolute atomic E-state index is 12.3. The van der Waals surface area contributed by atoms with E-state index in [9.17, 15) is 4.79 Å². The number of hydrogen-bond acceptors (Lipinski definition) is 3. The Balaban J connectivity index is 2.18. The minimum atomic E-state index is -0.0548. The van der Waals surface area contributed by atoms with E-state index in [0.29, 0.717) is 5.56 Å². The van der Waals surface area contributed by atoms with Gasteiger partial charge in [0.05, 0.1) is 6.04 Å². The molecule has 1 unspecified atom stereocenters. The summed E-state index contributed by atoms with van der Waals surface area (Å²) in [5.41, 5.74) is 1.65. The van der Waals surface area contributed by atoms with Crippen LogP contribution in [-0.4, -0.2) is 10.9 Å². The molecule has 1 atom stereocenters. The smallest absolute Gasteiger partial charge is 0.252 e. The molecular formula is C14H15BrN2OS. The summed E-state index contributed by atoms with van der Waals surface area (Å²) in [7, 11) is 0. The molecule has 0 aliphatic heterocycles. The van der Waals surface area contributed by atoms with Crippen molar-refractivity contribution in [2.24, 2.45) is 0 Å². The molecule has 2 aromatic rings. The Bertz CT molecular complexity index is 569. The number of halogens is 1. The van der Waals surface area contributed by atoms with Crippen LogP contribution in [0, 0.1) is 6.92 Å². The van der Waals surface area contributed by atoms with Gasteiger partial charge in [-0.1, -0.05) is 28.9 Å².